The van der Waals surface area contributed by atoms with E-state index in [9.17, 15) is 0 Å². The van der Waals surface area contributed by atoms with E-state index < -0.39 is 0 Å². The molecular formula is C12H26N2. The Morgan fingerprint density at radius 1 is 1.50 bits per heavy atom. The Labute approximate surface area is 89.1 Å². The first-order valence-corrected chi connectivity index (χ1v) is 6.07. The van der Waals surface area contributed by atoms with Gasteiger partial charge in [-0.05, 0) is 45.8 Å². The molecule has 84 valence electrons. The molecule has 1 rings (SSSR count). The van der Waals surface area contributed by atoms with Crippen molar-refractivity contribution in [3.8, 4) is 0 Å². The summed E-state index contributed by atoms with van der Waals surface area (Å²) in [4.78, 5) is 2.46. The highest BCUT2D eigenvalue weighted by atomic mass is 15.1. The van der Waals surface area contributed by atoms with Gasteiger partial charge in [0, 0.05) is 12.1 Å². The van der Waals surface area contributed by atoms with Crippen molar-refractivity contribution < 1.29 is 0 Å². The van der Waals surface area contributed by atoms with Gasteiger partial charge in [-0.25, -0.2) is 0 Å². The Kier molecular flexibility index (Phi) is 4.90. The van der Waals surface area contributed by atoms with Crippen LogP contribution < -0.4 is 5.32 Å². The molecule has 1 aliphatic rings. The Morgan fingerprint density at radius 3 is 2.79 bits per heavy atom. The van der Waals surface area contributed by atoms with E-state index >= 15 is 0 Å². The monoisotopic (exact) mass is 198 g/mol. The second-order valence-electron chi connectivity index (χ2n) is 4.97. The first-order chi connectivity index (χ1) is 6.63. The summed E-state index contributed by atoms with van der Waals surface area (Å²) in [5.74, 6) is 0.824. The average Bonchev–Trinajstić information content (AvgIpc) is 2.19. The summed E-state index contributed by atoms with van der Waals surface area (Å²) in [6.45, 7) is 9.36. The van der Waals surface area contributed by atoms with Crippen LogP contribution in [0.25, 0.3) is 0 Å². The minimum absolute atomic E-state index is 0.748. The number of hydrogen-bond donors (Lipinski definition) is 1. The van der Waals surface area contributed by atoms with Crippen LogP contribution in [0.15, 0.2) is 0 Å². The number of piperidine rings is 1. The predicted molar refractivity (Wildman–Crippen MR) is 62.6 cm³/mol. The van der Waals surface area contributed by atoms with E-state index in [4.69, 9.17) is 0 Å². The Bertz CT molecular complexity index is 158. The summed E-state index contributed by atoms with van der Waals surface area (Å²) < 4.78 is 0. The van der Waals surface area contributed by atoms with Crippen LogP contribution in [0, 0.1) is 5.92 Å². The maximum absolute atomic E-state index is 3.70. The van der Waals surface area contributed by atoms with Gasteiger partial charge in [-0.2, -0.15) is 0 Å². The second kappa shape index (κ2) is 5.72. The molecule has 3 atom stereocenters. The number of nitrogens with one attached hydrogen (secondary N) is 1. The summed E-state index contributed by atoms with van der Waals surface area (Å²) in [6.07, 6.45) is 3.92. The van der Waals surface area contributed by atoms with Crippen molar-refractivity contribution in [2.24, 2.45) is 5.92 Å². The molecule has 0 radical (unpaired) electrons. The van der Waals surface area contributed by atoms with Crippen molar-refractivity contribution >= 4 is 0 Å². The van der Waals surface area contributed by atoms with Gasteiger partial charge in [0.15, 0.2) is 0 Å². The smallest absolute Gasteiger partial charge is 0.00941 e. The molecule has 0 aromatic heterocycles. The average molecular weight is 198 g/mol. The molecule has 0 aromatic carbocycles. The topological polar surface area (TPSA) is 15.3 Å². The van der Waals surface area contributed by atoms with E-state index in [-0.39, 0.29) is 0 Å². The normalized spacial score (nSPS) is 31.7. The van der Waals surface area contributed by atoms with Crippen LogP contribution in [0.4, 0.5) is 0 Å². The maximum Gasteiger partial charge on any atom is 0.00941 e. The largest absolute Gasteiger partial charge is 0.314 e. The maximum atomic E-state index is 3.70. The van der Waals surface area contributed by atoms with Crippen LogP contribution in [0.1, 0.15) is 40.0 Å². The van der Waals surface area contributed by atoms with Crippen LogP contribution in [0.2, 0.25) is 0 Å². The molecule has 1 saturated heterocycles. The minimum Gasteiger partial charge on any atom is -0.314 e. The third-order valence-electron chi connectivity index (χ3n) is 3.66. The highest BCUT2D eigenvalue weighted by Crippen LogP contribution is 2.15. The molecule has 1 N–H and O–H groups in total. The zero-order valence-corrected chi connectivity index (χ0v) is 10.2. The van der Waals surface area contributed by atoms with Gasteiger partial charge in [-0.1, -0.05) is 20.3 Å². The number of hydrogen-bond acceptors (Lipinski definition) is 2. The zero-order valence-electron chi connectivity index (χ0n) is 10.2. The molecule has 2 nitrogen and oxygen atoms in total. The Hall–Kier alpha value is -0.0800. The predicted octanol–water partition coefficient (Wildman–Crippen LogP) is 2.10. The molecule has 0 bridgehead atoms. The molecule has 0 amide bonds. The SMILES string of the molecule is CCC(C)CNC1CCN(C)C(C)C1. The minimum atomic E-state index is 0.748. The van der Waals surface area contributed by atoms with E-state index in [1.165, 1.54) is 32.4 Å². The van der Waals surface area contributed by atoms with Crippen molar-refractivity contribution in [1.29, 1.82) is 0 Å². The first kappa shape index (κ1) is 12.0. The molecule has 0 saturated carbocycles. The van der Waals surface area contributed by atoms with Gasteiger partial charge in [-0.15, -0.1) is 0 Å². The third kappa shape index (κ3) is 3.58. The van der Waals surface area contributed by atoms with Gasteiger partial charge < -0.3 is 10.2 Å². The molecule has 0 spiro atoms. The lowest BCUT2D eigenvalue weighted by atomic mass is 9.98. The highest BCUT2D eigenvalue weighted by Gasteiger charge is 2.22. The van der Waals surface area contributed by atoms with E-state index in [1.807, 2.05) is 0 Å². The second-order valence-corrected chi connectivity index (χ2v) is 4.97. The summed E-state index contributed by atoms with van der Waals surface area (Å²) in [7, 11) is 2.23. The highest BCUT2D eigenvalue weighted by molar-refractivity contribution is 4.81. The van der Waals surface area contributed by atoms with Gasteiger partial charge in [0.25, 0.3) is 0 Å². The molecule has 1 fully saturated rings. The van der Waals surface area contributed by atoms with Gasteiger partial charge in [0.2, 0.25) is 0 Å². The van der Waals surface area contributed by atoms with Crippen LogP contribution in [-0.2, 0) is 0 Å². The van der Waals surface area contributed by atoms with E-state index in [0.29, 0.717) is 0 Å². The fraction of sp³-hybridized carbons (Fsp3) is 1.00. The number of likely N-dealkylation sites (tertiary alicyclic amines) is 1. The Morgan fingerprint density at radius 2 is 2.21 bits per heavy atom. The summed E-state index contributed by atoms with van der Waals surface area (Å²) >= 11 is 0. The molecule has 1 aliphatic heterocycles. The standard InChI is InChI=1S/C12H26N2/c1-5-10(2)9-13-12-6-7-14(4)11(3)8-12/h10-13H,5-9H2,1-4H3. The third-order valence-corrected chi connectivity index (χ3v) is 3.66. The van der Waals surface area contributed by atoms with Gasteiger partial charge >= 0.3 is 0 Å². The van der Waals surface area contributed by atoms with E-state index in [1.54, 1.807) is 0 Å². The summed E-state index contributed by atoms with van der Waals surface area (Å²) in [5.41, 5.74) is 0. The van der Waals surface area contributed by atoms with Crippen LogP contribution >= 0.6 is 0 Å². The van der Waals surface area contributed by atoms with E-state index in [2.05, 4.69) is 38.0 Å². The molecule has 14 heavy (non-hydrogen) atoms. The van der Waals surface area contributed by atoms with Crippen molar-refractivity contribution in [1.82, 2.24) is 10.2 Å². The molecule has 3 unspecified atom stereocenters. The van der Waals surface area contributed by atoms with Gasteiger partial charge in [0.05, 0.1) is 0 Å². The van der Waals surface area contributed by atoms with Crippen molar-refractivity contribution in [3.63, 3.8) is 0 Å². The quantitative estimate of drug-likeness (QED) is 0.744. The molecule has 0 aliphatic carbocycles. The molecular weight excluding hydrogens is 172 g/mol. The van der Waals surface area contributed by atoms with Gasteiger partial charge in [-0.3, -0.25) is 0 Å². The number of rotatable bonds is 4. The lowest BCUT2D eigenvalue weighted by Gasteiger charge is -2.35. The van der Waals surface area contributed by atoms with Crippen LogP contribution in [0.5, 0.6) is 0 Å². The Balaban J connectivity index is 2.20. The molecule has 2 heteroatoms. The summed E-state index contributed by atoms with van der Waals surface area (Å²) in [5, 5.41) is 3.70. The fourth-order valence-electron chi connectivity index (χ4n) is 1.99. The van der Waals surface area contributed by atoms with Crippen molar-refractivity contribution in [2.75, 3.05) is 20.1 Å². The summed E-state index contributed by atoms with van der Waals surface area (Å²) in [6, 6.07) is 1.51. The lowest BCUT2D eigenvalue weighted by Crippen LogP contribution is -2.46. The lowest BCUT2D eigenvalue weighted by molar-refractivity contribution is 0.166. The zero-order chi connectivity index (χ0) is 10.6. The molecule has 1 heterocycles. The van der Waals surface area contributed by atoms with Crippen molar-refractivity contribution in [3.05, 3.63) is 0 Å². The first-order valence-electron chi connectivity index (χ1n) is 6.07. The fourth-order valence-corrected chi connectivity index (χ4v) is 1.99. The number of nitrogens with zero attached hydrogens (tertiary/aromatic N) is 1. The van der Waals surface area contributed by atoms with Crippen LogP contribution in [-0.4, -0.2) is 37.1 Å². The molecule has 0 aromatic rings. The van der Waals surface area contributed by atoms with Crippen molar-refractivity contribution in [2.45, 2.75) is 52.1 Å². The van der Waals surface area contributed by atoms with Gasteiger partial charge in [0.1, 0.15) is 0 Å². The van der Waals surface area contributed by atoms with Crippen LogP contribution in [0.3, 0.4) is 0 Å². The van der Waals surface area contributed by atoms with E-state index in [0.717, 1.165) is 18.0 Å².